The molecule has 0 radical (unpaired) electrons. The minimum absolute atomic E-state index is 0.0261. The molecule has 0 aliphatic carbocycles. The lowest BCUT2D eigenvalue weighted by molar-refractivity contribution is 0.0904. The van der Waals surface area contributed by atoms with Crippen molar-refractivity contribution in [1.29, 1.82) is 0 Å². The van der Waals surface area contributed by atoms with E-state index >= 15 is 0 Å². The lowest BCUT2D eigenvalue weighted by Crippen LogP contribution is -2.54. The fourth-order valence-electron chi connectivity index (χ4n) is 2.92. The Bertz CT molecular complexity index is 776. The molecule has 0 unspecified atom stereocenters. The minimum Gasteiger partial charge on any atom is -0.378 e. The molecule has 2 rings (SSSR count). The number of hydrogen-bond acceptors (Lipinski definition) is 6. The van der Waals surface area contributed by atoms with Gasteiger partial charge in [0.15, 0.2) is 5.96 Å². The Hall–Kier alpha value is -1.23. The Morgan fingerprint density at radius 3 is 2.48 bits per heavy atom. The molecular formula is C19H35N5O3S2. The number of aromatic nitrogens is 1. The second-order valence-corrected chi connectivity index (χ2v) is 11.4. The predicted octanol–water partition coefficient (Wildman–Crippen LogP) is 1.89. The zero-order valence-electron chi connectivity index (χ0n) is 18.4. The molecule has 1 aromatic heterocycles. The van der Waals surface area contributed by atoms with Gasteiger partial charge in [-0.3, -0.25) is 4.99 Å². The molecule has 0 atom stereocenters. The van der Waals surface area contributed by atoms with Crippen molar-refractivity contribution in [3.05, 3.63) is 16.1 Å². The normalized spacial score (nSPS) is 17.2. The molecule has 166 valence electrons. The Labute approximate surface area is 179 Å². The van der Waals surface area contributed by atoms with E-state index in [1.165, 1.54) is 0 Å². The Morgan fingerprint density at radius 1 is 1.31 bits per heavy atom. The van der Waals surface area contributed by atoms with Gasteiger partial charge in [-0.15, -0.1) is 11.3 Å². The highest BCUT2D eigenvalue weighted by Crippen LogP contribution is 2.23. The number of aliphatic imine (C=N–C) groups is 1. The lowest BCUT2D eigenvalue weighted by atomic mass is 9.93. The average Bonchev–Trinajstić information content (AvgIpc) is 3.11. The number of ether oxygens (including phenoxy) is 1. The van der Waals surface area contributed by atoms with Crippen LogP contribution in [-0.4, -0.2) is 80.3 Å². The van der Waals surface area contributed by atoms with Crippen LogP contribution in [0.25, 0.3) is 0 Å². The van der Waals surface area contributed by atoms with E-state index in [1.54, 1.807) is 22.7 Å². The van der Waals surface area contributed by atoms with Gasteiger partial charge in [0.05, 0.1) is 30.7 Å². The van der Waals surface area contributed by atoms with Gasteiger partial charge in [0, 0.05) is 44.0 Å². The predicted molar refractivity (Wildman–Crippen MR) is 119 cm³/mol. The van der Waals surface area contributed by atoms with E-state index in [4.69, 9.17) is 9.72 Å². The van der Waals surface area contributed by atoms with Gasteiger partial charge >= 0.3 is 0 Å². The van der Waals surface area contributed by atoms with Gasteiger partial charge in [-0.2, -0.15) is 4.31 Å². The summed E-state index contributed by atoms with van der Waals surface area (Å²) in [5.41, 5.74) is 1.13. The summed E-state index contributed by atoms with van der Waals surface area (Å²) in [5, 5.41) is 6.48. The van der Waals surface area contributed by atoms with Crippen LogP contribution in [-0.2, 0) is 26.7 Å². The third kappa shape index (κ3) is 7.20. The second-order valence-electron chi connectivity index (χ2n) is 8.40. The standard InChI is InChI=1S/C19H35N5O3S2/c1-15(2)27-11-12-29(25,26)24-9-7-23(8-10-24)18(20-6)21-13-17-22-16(14-28-17)19(3,4)5/h14-15H,7-13H2,1-6H3,(H,20,21). The quantitative estimate of drug-likeness (QED) is 0.509. The van der Waals surface area contributed by atoms with E-state index < -0.39 is 10.0 Å². The lowest BCUT2D eigenvalue weighted by Gasteiger charge is -2.35. The third-order valence-corrected chi connectivity index (χ3v) is 7.34. The van der Waals surface area contributed by atoms with Crippen LogP contribution in [0.5, 0.6) is 0 Å². The summed E-state index contributed by atoms with van der Waals surface area (Å²) in [7, 11) is -1.54. The topological polar surface area (TPSA) is 87.1 Å². The van der Waals surface area contributed by atoms with Crippen molar-refractivity contribution in [3.63, 3.8) is 0 Å². The molecule has 1 aliphatic heterocycles. The van der Waals surface area contributed by atoms with Crippen LogP contribution in [0.1, 0.15) is 45.3 Å². The second kappa shape index (κ2) is 10.2. The fraction of sp³-hybridized carbons (Fsp3) is 0.789. The summed E-state index contributed by atoms with van der Waals surface area (Å²) in [6.07, 6.45) is 0.0359. The number of hydrogen-bond donors (Lipinski definition) is 1. The smallest absolute Gasteiger partial charge is 0.216 e. The van der Waals surface area contributed by atoms with E-state index in [0.717, 1.165) is 16.7 Å². The number of piperazine rings is 1. The Balaban J connectivity index is 1.84. The highest BCUT2D eigenvalue weighted by Gasteiger charge is 2.28. The van der Waals surface area contributed by atoms with Gasteiger partial charge in [0.1, 0.15) is 5.01 Å². The first-order chi connectivity index (χ1) is 13.5. The number of thiazole rings is 1. The molecule has 0 aromatic carbocycles. The van der Waals surface area contributed by atoms with Gasteiger partial charge < -0.3 is 15.0 Å². The summed E-state index contributed by atoms with van der Waals surface area (Å²) in [5.74, 6) is 0.802. The molecule has 0 bridgehead atoms. The number of sulfonamides is 1. The largest absolute Gasteiger partial charge is 0.378 e. The summed E-state index contributed by atoms with van der Waals surface area (Å²) >= 11 is 1.64. The van der Waals surface area contributed by atoms with Crippen LogP contribution in [0, 0.1) is 0 Å². The minimum atomic E-state index is -3.29. The van der Waals surface area contributed by atoms with Crippen LogP contribution >= 0.6 is 11.3 Å². The maximum Gasteiger partial charge on any atom is 0.216 e. The summed E-state index contributed by atoms with van der Waals surface area (Å²) in [6, 6.07) is 0. The van der Waals surface area contributed by atoms with Crippen LogP contribution in [0.4, 0.5) is 0 Å². The van der Waals surface area contributed by atoms with Crippen LogP contribution < -0.4 is 5.32 Å². The zero-order chi connectivity index (χ0) is 21.7. The molecule has 1 N–H and O–H groups in total. The van der Waals surface area contributed by atoms with Crippen molar-refractivity contribution in [3.8, 4) is 0 Å². The molecular weight excluding hydrogens is 410 g/mol. The van der Waals surface area contributed by atoms with Crippen molar-refractivity contribution >= 4 is 27.3 Å². The number of nitrogens with zero attached hydrogens (tertiary/aromatic N) is 4. The Kier molecular flexibility index (Phi) is 8.45. The molecule has 1 aromatic rings. The maximum atomic E-state index is 12.5. The van der Waals surface area contributed by atoms with E-state index in [9.17, 15) is 8.42 Å². The molecule has 1 saturated heterocycles. The highest BCUT2D eigenvalue weighted by molar-refractivity contribution is 7.89. The SMILES string of the molecule is CN=C(NCc1nc(C(C)(C)C)cs1)N1CCN(S(=O)(=O)CCOC(C)C)CC1. The first-order valence-corrected chi connectivity index (χ1v) is 12.5. The molecule has 2 heterocycles. The third-order valence-electron chi connectivity index (χ3n) is 4.65. The highest BCUT2D eigenvalue weighted by atomic mass is 32.2. The molecule has 1 fully saturated rings. The van der Waals surface area contributed by atoms with Gasteiger partial charge in [-0.05, 0) is 13.8 Å². The molecule has 29 heavy (non-hydrogen) atoms. The van der Waals surface area contributed by atoms with Crippen LogP contribution in [0.2, 0.25) is 0 Å². The first kappa shape index (κ1) is 24.0. The molecule has 0 spiro atoms. The van der Waals surface area contributed by atoms with Crippen molar-refractivity contribution in [2.24, 2.45) is 4.99 Å². The average molecular weight is 446 g/mol. The molecule has 1 aliphatic rings. The number of guanidine groups is 1. The molecule has 0 amide bonds. The summed E-state index contributed by atoms with van der Waals surface area (Å²) < 4.78 is 31.9. The van der Waals surface area contributed by atoms with Crippen molar-refractivity contribution < 1.29 is 13.2 Å². The van der Waals surface area contributed by atoms with E-state index in [1.807, 2.05) is 13.8 Å². The number of rotatable bonds is 7. The molecule has 10 heteroatoms. The van der Waals surface area contributed by atoms with Crippen LogP contribution in [0.3, 0.4) is 0 Å². The van der Waals surface area contributed by atoms with Crippen molar-refractivity contribution in [1.82, 2.24) is 19.5 Å². The summed E-state index contributed by atoms with van der Waals surface area (Å²) in [4.78, 5) is 11.2. The number of nitrogens with one attached hydrogen (secondary N) is 1. The van der Waals surface area contributed by atoms with Crippen molar-refractivity contribution in [2.45, 2.75) is 52.7 Å². The zero-order valence-corrected chi connectivity index (χ0v) is 20.1. The summed E-state index contributed by atoms with van der Waals surface area (Å²) in [6.45, 7) is 13.2. The maximum absolute atomic E-state index is 12.5. The fourth-order valence-corrected chi connectivity index (χ4v) is 5.16. The van der Waals surface area contributed by atoms with Crippen molar-refractivity contribution in [2.75, 3.05) is 45.6 Å². The van der Waals surface area contributed by atoms with Gasteiger partial charge in [-0.25, -0.2) is 13.4 Å². The monoisotopic (exact) mass is 445 g/mol. The van der Waals surface area contributed by atoms with Gasteiger partial charge in [-0.1, -0.05) is 20.8 Å². The first-order valence-electron chi connectivity index (χ1n) is 10.0. The molecule has 0 saturated carbocycles. The van der Waals surface area contributed by atoms with E-state index in [0.29, 0.717) is 32.7 Å². The molecule has 8 nitrogen and oxygen atoms in total. The Morgan fingerprint density at radius 2 is 1.97 bits per heavy atom. The van der Waals surface area contributed by atoms with E-state index in [-0.39, 0.29) is 23.9 Å². The van der Waals surface area contributed by atoms with E-state index in [2.05, 4.69) is 41.4 Å². The van der Waals surface area contributed by atoms with Gasteiger partial charge in [0.25, 0.3) is 0 Å². The van der Waals surface area contributed by atoms with Gasteiger partial charge in [0.2, 0.25) is 10.0 Å². The van der Waals surface area contributed by atoms with Crippen LogP contribution in [0.15, 0.2) is 10.4 Å².